The Morgan fingerprint density at radius 3 is 2.67 bits per heavy atom. The highest BCUT2D eigenvalue weighted by Gasteiger charge is 2.28. The van der Waals surface area contributed by atoms with Crippen LogP contribution in [0, 0.1) is 30.9 Å². The maximum atomic E-state index is 13.2. The van der Waals surface area contributed by atoms with E-state index >= 15 is 0 Å². The maximum absolute atomic E-state index is 13.2. The highest BCUT2D eigenvalue weighted by molar-refractivity contribution is 7.99. The van der Waals surface area contributed by atoms with Crippen LogP contribution in [0.5, 0.6) is 0 Å². The van der Waals surface area contributed by atoms with Gasteiger partial charge in [0.15, 0.2) is 11.0 Å². The van der Waals surface area contributed by atoms with Gasteiger partial charge in [-0.05, 0) is 75.8 Å². The van der Waals surface area contributed by atoms with E-state index in [4.69, 9.17) is 4.74 Å². The molecule has 5 rings (SSSR count). The lowest BCUT2D eigenvalue weighted by Gasteiger charge is -2.15. The summed E-state index contributed by atoms with van der Waals surface area (Å²) in [4.78, 5) is 50.8. The Morgan fingerprint density at radius 2 is 1.91 bits per heavy atom. The van der Waals surface area contributed by atoms with Gasteiger partial charge in [-0.1, -0.05) is 30.0 Å². The second-order valence-electron chi connectivity index (χ2n) is 10.5. The normalized spacial score (nSPS) is 12.1. The number of aryl methyl sites for hydroxylation is 3. The quantitative estimate of drug-likeness (QED) is 0.0929. The number of aromatic nitrogens is 3. The van der Waals surface area contributed by atoms with Gasteiger partial charge in [-0.3, -0.25) is 24.3 Å². The first-order valence-electron chi connectivity index (χ1n) is 14.4. The molecule has 0 aliphatic heterocycles. The number of rotatable bonds is 11. The summed E-state index contributed by atoms with van der Waals surface area (Å²) < 4.78 is 7.06. The molecule has 14 heteroatoms. The number of thioether (sulfide) groups is 1. The summed E-state index contributed by atoms with van der Waals surface area (Å²) in [6.07, 6.45) is 2.62. The molecule has 0 saturated carbocycles. The summed E-state index contributed by atoms with van der Waals surface area (Å²) in [6.45, 7) is 7.53. The van der Waals surface area contributed by atoms with E-state index in [0.29, 0.717) is 27.1 Å². The summed E-state index contributed by atoms with van der Waals surface area (Å²) in [7, 11) is 0. The lowest BCUT2D eigenvalue weighted by molar-refractivity contribution is -0.385. The summed E-state index contributed by atoms with van der Waals surface area (Å²) in [5, 5.41) is 26.6. The first kappa shape index (κ1) is 31.9. The Hall–Kier alpha value is -4.56. The largest absolute Gasteiger partial charge is 0.462 e. The van der Waals surface area contributed by atoms with Gasteiger partial charge in [0.1, 0.15) is 5.00 Å². The Kier molecular flexibility index (Phi) is 9.63. The number of hydrogen-bond acceptors (Lipinski definition) is 10. The van der Waals surface area contributed by atoms with Crippen LogP contribution in [0.3, 0.4) is 0 Å². The number of hydrogen-bond donors (Lipinski definition) is 2. The number of nitrogens with one attached hydrogen (secondary N) is 2. The molecule has 2 N–H and O–H groups in total. The van der Waals surface area contributed by atoms with Gasteiger partial charge in [0.25, 0.3) is 11.6 Å². The molecule has 0 saturated heterocycles. The fraction of sp³-hybridized carbons (Fsp3) is 0.323. The van der Waals surface area contributed by atoms with Gasteiger partial charge in [0, 0.05) is 22.1 Å². The van der Waals surface area contributed by atoms with Crippen LogP contribution < -0.4 is 10.6 Å². The van der Waals surface area contributed by atoms with Gasteiger partial charge in [0.05, 0.1) is 35.1 Å². The van der Waals surface area contributed by atoms with E-state index in [9.17, 15) is 24.5 Å². The number of ether oxygens (including phenoxy) is 1. The number of carbonyl (C=O) groups excluding carboxylic acids is 3. The highest BCUT2D eigenvalue weighted by atomic mass is 32.2. The highest BCUT2D eigenvalue weighted by Crippen LogP contribution is 2.39. The number of amides is 2. The molecular weight excluding hydrogens is 617 g/mol. The molecule has 4 aromatic rings. The number of thiophene rings is 1. The number of nitro benzene ring substituents is 1. The third kappa shape index (κ3) is 6.76. The van der Waals surface area contributed by atoms with E-state index in [1.165, 1.54) is 41.3 Å². The Balaban J connectivity index is 1.36. The Bertz CT molecular complexity index is 1810. The van der Waals surface area contributed by atoms with Crippen molar-refractivity contribution < 1.29 is 24.0 Å². The lowest BCUT2D eigenvalue weighted by Crippen LogP contribution is -2.25. The molecule has 2 amide bonds. The van der Waals surface area contributed by atoms with Crippen LogP contribution in [0.2, 0.25) is 0 Å². The van der Waals surface area contributed by atoms with Crippen molar-refractivity contribution in [1.82, 2.24) is 20.1 Å². The van der Waals surface area contributed by atoms with Crippen molar-refractivity contribution in [1.29, 1.82) is 0 Å². The Morgan fingerprint density at radius 1 is 1.11 bits per heavy atom. The number of anilines is 1. The van der Waals surface area contributed by atoms with E-state index in [0.717, 1.165) is 46.5 Å². The average Bonchev–Trinajstić information content (AvgIpc) is 3.71. The number of esters is 1. The van der Waals surface area contributed by atoms with E-state index in [2.05, 4.69) is 20.8 Å². The van der Waals surface area contributed by atoms with Crippen molar-refractivity contribution in [2.45, 2.75) is 58.7 Å². The fourth-order valence-corrected chi connectivity index (χ4v) is 7.20. The number of fused-ring (bicyclic) bond motifs is 1. The molecule has 2 aromatic carbocycles. The topological polar surface area (TPSA) is 158 Å². The maximum Gasteiger partial charge on any atom is 0.341 e. The Labute approximate surface area is 267 Å². The predicted octanol–water partition coefficient (Wildman–Crippen LogP) is 5.49. The number of carbonyl (C=O) groups is 3. The zero-order valence-electron chi connectivity index (χ0n) is 25.3. The zero-order chi connectivity index (χ0) is 32.2. The molecule has 0 bridgehead atoms. The van der Waals surface area contributed by atoms with Gasteiger partial charge >= 0.3 is 5.97 Å². The lowest BCUT2D eigenvalue weighted by atomic mass is 10.1. The molecule has 234 valence electrons. The molecule has 2 aromatic heterocycles. The molecule has 0 spiro atoms. The monoisotopic (exact) mass is 648 g/mol. The number of benzene rings is 2. The summed E-state index contributed by atoms with van der Waals surface area (Å²) >= 11 is 2.59. The van der Waals surface area contributed by atoms with Crippen molar-refractivity contribution in [2.75, 3.05) is 17.7 Å². The summed E-state index contributed by atoms with van der Waals surface area (Å²) in [5.74, 6) is -0.825. The van der Waals surface area contributed by atoms with Crippen molar-refractivity contribution >= 4 is 51.6 Å². The molecule has 12 nitrogen and oxygen atoms in total. The summed E-state index contributed by atoms with van der Waals surface area (Å²) in [5.41, 5.74) is 4.67. The van der Waals surface area contributed by atoms with Crippen LogP contribution in [0.25, 0.3) is 5.69 Å². The van der Waals surface area contributed by atoms with Crippen molar-refractivity contribution in [2.24, 2.45) is 0 Å². The second-order valence-corrected chi connectivity index (χ2v) is 12.6. The number of nitrogens with zero attached hydrogens (tertiary/aromatic N) is 4. The van der Waals surface area contributed by atoms with Gasteiger partial charge < -0.3 is 15.4 Å². The van der Waals surface area contributed by atoms with Crippen molar-refractivity contribution in [3.05, 3.63) is 90.6 Å². The summed E-state index contributed by atoms with van der Waals surface area (Å²) in [6, 6.07) is 10.1. The minimum absolute atomic E-state index is 0.00672. The molecule has 0 fully saturated rings. The van der Waals surface area contributed by atoms with Crippen LogP contribution in [0.15, 0.2) is 41.6 Å². The average molecular weight is 649 g/mol. The second kappa shape index (κ2) is 13.6. The third-order valence-corrected chi connectivity index (χ3v) is 9.71. The van der Waals surface area contributed by atoms with Crippen molar-refractivity contribution in [3.63, 3.8) is 0 Å². The van der Waals surface area contributed by atoms with Gasteiger partial charge in [-0.25, -0.2) is 4.79 Å². The minimum atomic E-state index is -0.522. The van der Waals surface area contributed by atoms with E-state index in [1.807, 2.05) is 32.0 Å². The molecule has 0 unspecified atom stereocenters. The van der Waals surface area contributed by atoms with Crippen LogP contribution in [-0.4, -0.2) is 49.8 Å². The van der Waals surface area contributed by atoms with Crippen molar-refractivity contribution in [3.8, 4) is 5.69 Å². The molecule has 45 heavy (non-hydrogen) atoms. The molecule has 1 aliphatic rings. The van der Waals surface area contributed by atoms with Crippen LogP contribution in [0.4, 0.5) is 10.7 Å². The molecule has 1 aliphatic carbocycles. The van der Waals surface area contributed by atoms with Gasteiger partial charge in [0.2, 0.25) is 5.91 Å². The van der Waals surface area contributed by atoms with Crippen LogP contribution in [-0.2, 0) is 28.9 Å². The zero-order valence-corrected chi connectivity index (χ0v) is 26.9. The van der Waals surface area contributed by atoms with Crippen LogP contribution >= 0.6 is 23.1 Å². The first-order chi connectivity index (χ1) is 21.6. The van der Waals surface area contributed by atoms with E-state index in [1.54, 1.807) is 18.4 Å². The van der Waals surface area contributed by atoms with E-state index < -0.39 is 16.8 Å². The molecule has 0 atom stereocenters. The SMILES string of the molecule is CCOC(=O)c1c(NC(=O)CSc2nnc(CNC(=O)c3ccc(C)c([N+](=O)[O-])c3)n2-c2cccc(C)c2C)sc2c1CCC2. The standard InChI is InChI=1S/C31H32N6O6S2/c1-5-43-30(40)27-21-9-7-11-24(21)45-29(27)33-26(38)16-44-31-35-34-25(36(31)22-10-6-8-17(2)19(22)4)15-32-28(39)20-13-12-18(3)23(14-20)37(41)42/h6,8,10,12-14H,5,7,9,11,15-16H2,1-4H3,(H,32,39)(H,33,38). The van der Waals surface area contributed by atoms with Gasteiger partial charge in [-0.2, -0.15) is 0 Å². The van der Waals surface area contributed by atoms with E-state index in [-0.39, 0.29) is 36.1 Å². The molecular formula is C31H32N6O6S2. The van der Waals surface area contributed by atoms with Crippen LogP contribution in [0.1, 0.15) is 67.0 Å². The predicted molar refractivity (Wildman–Crippen MR) is 171 cm³/mol. The minimum Gasteiger partial charge on any atom is -0.462 e. The fourth-order valence-electron chi connectivity index (χ4n) is 5.14. The first-order valence-corrected chi connectivity index (χ1v) is 16.2. The third-order valence-electron chi connectivity index (χ3n) is 7.58. The molecule has 2 heterocycles. The number of nitro groups is 1. The molecule has 0 radical (unpaired) electrons. The smallest absolute Gasteiger partial charge is 0.341 e. The van der Waals surface area contributed by atoms with Gasteiger partial charge in [-0.15, -0.1) is 21.5 Å².